The van der Waals surface area contributed by atoms with Crippen LogP contribution in [-0.2, 0) is 11.3 Å². The number of carbonyl (C=O) groups is 1. The van der Waals surface area contributed by atoms with E-state index in [1.165, 1.54) is 6.92 Å². The lowest BCUT2D eigenvalue weighted by Gasteiger charge is -2.18. The molecule has 1 aliphatic heterocycles. The third-order valence-electron chi connectivity index (χ3n) is 4.86. The van der Waals surface area contributed by atoms with E-state index in [1.54, 1.807) is 24.3 Å². The Labute approximate surface area is 162 Å². The molecule has 0 amide bonds. The Morgan fingerprint density at radius 1 is 1.39 bits per heavy atom. The fraction of sp³-hybridized carbons (Fsp3) is 0.381. The molecule has 7 heteroatoms. The SMILES string of the molecule is CCOc1ccc(C(=O)c2c(C)c(C#N)c(=O)n(CC3CCCO3)c2O)cc1. The van der Waals surface area contributed by atoms with Gasteiger partial charge in [0.1, 0.15) is 17.4 Å². The monoisotopic (exact) mass is 382 g/mol. The zero-order valence-corrected chi connectivity index (χ0v) is 15.9. The summed E-state index contributed by atoms with van der Waals surface area (Å²) in [6.45, 7) is 4.56. The smallest absolute Gasteiger partial charge is 0.271 e. The van der Waals surface area contributed by atoms with Gasteiger partial charge in [0, 0.05) is 12.2 Å². The normalized spacial score (nSPS) is 16.0. The minimum atomic E-state index is -0.615. The van der Waals surface area contributed by atoms with Crippen molar-refractivity contribution in [3.8, 4) is 17.7 Å². The first-order valence-corrected chi connectivity index (χ1v) is 9.23. The molecule has 1 fully saturated rings. The predicted octanol–water partition coefficient (Wildman–Crippen LogP) is 2.54. The largest absolute Gasteiger partial charge is 0.494 e. The molecule has 2 heterocycles. The summed E-state index contributed by atoms with van der Waals surface area (Å²) < 4.78 is 12.0. The molecule has 146 valence electrons. The van der Waals surface area contributed by atoms with Crippen LogP contribution in [0.2, 0.25) is 0 Å². The van der Waals surface area contributed by atoms with Crippen LogP contribution < -0.4 is 10.3 Å². The highest BCUT2D eigenvalue weighted by atomic mass is 16.5. The molecule has 3 rings (SSSR count). The lowest BCUT2D eigenvalue weighted by Crippen LogP contribution is -2.30. The number of hydrogen-bond acceptors (Lipinski definition) is 6. The van der Waals surface area contributed by atoms with Crippen molar-refractivity contribution in [2.24, 2.45) is 0 Å². The van der Waals surface area contributed by atoms with Crippen molar-refractivity contribution >= 4 is 5.78 Å². The van der Waals surface area contributed by atoms with E-state index in [1.807, 2.05) is 13.0 Å². The van der Waals surface area contributed by atoms with E-state index in [4.69, 9.17) is 9.47 Å². The second-order valence-corrected chi connectivity index (χ2v) is 6.65. The number of rotatable bonds is 6. The first kappa shape index (κ1) is 19.6. The summed E-state index contributed by atoms with van der Waals surface area (Å²) >= 11 is 0. The summed E-state index contributed by atoms with van der Waals surface area (Å²) in [5.74, 6) is -0.271. The minimum Gasteiger partial charge on any atom is -0.494 e. The highest BCUT2D eigenvalue weighted by Gasteiger charge is 2.27. The molecule has 0 saturated carbocycles. The van der Waals surface area contributed by atoms with Gasteiger partial charge < -0.3 is 14.6 Å². The van der Waals surface area contributed by atoms with Gasteiger partial charge in [-0.2, -0.15) is 5.26 Å². The molecule has 7 nitrogen and oxygen atoms in total. The Morgan fingerprint density at radius 2 is 2.11 bits per heavy atom. The van der Waals surface area contributed by atoms with Crippen molar-refractivity contribution in [1.29, 1.82) is 5.26 Å². The van der Waals surface area contributed by atoms with Crippen molar-refractivity contribution < 1.29 is 19.4 Å². The minimum absolute atomic E-state index is 0.0432. The van der Waals surface area contributed by atoms with Crippen molar-refractivity contribution in [2.75, 3.05) is 13.2 Å². The molecule has 2 aromatic rings. The van der Waals surface area contributed by atoms with E-state index >= 15 is 0 Å². The Bertz CT molecular complexity index is 980. The van der Waals surface area contributed by atoms with Crippen LogP contribution in [0.3, 0.4) is 0 Å². The van der Waals surface area contributed by atoms with Crippen LogP contribution in [-0.4, -0.2) is 34.8 Å². The van der Waals surface area contributed by atoms with E-state index in [0.29, 0.717) is 24.5 Å². The average molecular weight is 382 g/mol. The molecule has 0 spiro atoms. The van der Waals surface area contributed by atoms with Crippen LogP contribution in [0.15, 0.2) is 29.1 Å². The standard InChI is InChI=1S/C21H22N2O5/c1-3-27-15-8-6-14(7-9-15)19(24)18-13(2)17(11-22)20(25)23(21(18)26)12-16-5-4-10-28-16/h6-9,16,26H,3-5,10,12H2,1-2H3. The van der Waals surface area contributed by atoms with Gasteiger partial charge in [-0.15, -0.1) is 0 Å². The molecular weight excluding hydrogens is 360 g/mol. The molecule has 1 aromatic carbocycles. The van der Waals surface area contributed by atoms with Gasteiger partial charge in [0.15, 0.2) is 5.78 Å². The summed E-state index contributed by atoms with van der Waals surface area (Å²) in [7, 11) is 0. The topological polar surface area (TPSA) is 102 Å². The zero-order valence-electron chi connectivity index (χ0n) is 15.9. The average Bonchev–Trinajstić information content (AvgIpc) is 3.19. The van der Waals surface area contributed by atoms with Gasteiger partial charge >= 0.3 is 0 Å². The van der Waals surface area contributed by atoms with Gasteiger partial charge in [-0.25, -0.2) is 0 Å². The Kier molecular flexibility index (Phi) is 5.81. The summed E-state index contributed by atoms with van der Waals surface area (Å²) in [5.41, 5.74) is -0.305. The van der Waals surface area contributed by atoms with Crippen LogP contribution in [0.5, 0.6) is 11.6 Å². The number of hydrogen-bond donors (Lipinski definition) is 1. The van der Waals surface area contributed by atoms with Gasteiger partial charge in [-0.1, -0.05) is 0 Å². The molecule has 1 atom stereocenters. The number of aromatic hydroxyl groups is 1. The van der Waals surface area contributed by atoms with Crippen LogP contribution in [0, 0.1) is 18.3 Å². The van der Waals surface area contributed by atoms with E-state index in [2.05, 4.69) is 0 Å². The van der Waals surface area contributed by atoms with E-state index in [-0.39, 0.29) is 29.3 Å². The molecule has 0 radical (unpaired) electrons. The summed E-state index contributed by atoms with van der Waals surface area (Å²) in [5, 5.41) is 20.2. The number of ether oxygens (including phenoxy) is 2. The Morgan fingerprint density at radius 3 is 2.68 bits per heavy atom. The van der Waals surface area contributed by atoms with E-state index < -0.39 is 17.2 Å². The predicted molar refractivity (Wildman–Crippen MR) is 102 cm³/mol. The van der Waals surface area contributed by atoms with E-state index in [0.717, 1.165) is 17.4 Å². The zero-order chi connectivity index (χ0) is 20.3. The number of pyridine rings is 1. The van der Waals surface area contributed by atoms with E-state index in [9.17, 15) is 20.0 Å². The van der Waals surface area contributed by atoms with Crippen molar-refractivity contribution in [3.05, 3.63) is 56.9 Å². The molecule has 1 N–H and O–H groups in total. The third-order valence-corrected chi connectivity index (χ3v) is 4.86. The fourth-order valence-corrected chi connectivity index (χ4v) is 3.40. The van der Waals surface area contributed by atoms with Gasteiger partial charge in [0.05, 0.1) is 24.8 Å². The second-order valence-electron chi connectivity index (χ2n) is 6.65. The summed E-state index contributed by atoms with van der Waals surface area (Å²) in [6, 6.07) is 8.38. The molecule has 1 aromatic heterocycles. The quantitative estimate of drug-likeness (QED) is 0.771. The molecule has 1 aliphatic rings. The molecule has 0 aliphatic carbocycles. The van der Waals surface area contributed by atoms with Gasteiger partial charge in [-0.05, 0) is 56.5 Å². The van der Waals surface area contributed by atoms with Crippen molar-refractivity contribution in [1.82, 2.24) is 4.57 Å². The first-order chi connectivity index (χ1) is 13.5. The van der Waals surface area contributed by atoms with Gasteiger partial charge in [0.25, 0.3) is 5.56 Å². The number of carbonyl (C=O) groups excluding carboxylic acids is 1. The molecule has 1 saturated heterocycles. The lowest BCUT2D eigenvalue weighted by molar-refractivity contribution is 0.0929. The molecule has 1 unspecified atom stereocenters. The maximum atomic E-state index is 13.1. The second kappa shape index (κ2) is 8.28. The summed E-state index contributed by atoms with van der Waals surface area (Å²) in [6.07, 6.45) is 1.39. The van der Waals surface area contributed by atoms with Crippen LogP contribution >= 0.6 is 0 Å². The van der Waals surface area contributed by atoms with Crippen LogP contribution in [0.1, 0.15) is 46.8 Å². The number of ketones is 1. The third kappa shape index (κ3) is 3.64. The number of nitriles is 1. The number of benzene rings is 1. The van der Waals surface area contributed by atoms with Crippen molar-refractivity contribution in [2.45, 2.75) is 39.3 Å². The maximum Gasteiger partial charge on any atom is 0.271 e. The number of aromatic nitrogens is 1. The first-order valence-electron chi connectivity index (χ1n) is 9.23. The van der Waals surface area contributed by atoms with Crippen molar-refractivity contribution in [3.63, 3.8) is 0 Å². The van der Waals surface area contributed by atoms with Gasteiger partial charge in [0.2, 0.25) is 5.88 Å². The van der Waals surface area contributed by atoms with Crippen LogP contribution in [0.4, 0.5) is 0 Å². The van der Waals surface area contributed by atoms with Crippen LogP contribution in [0.25, 0.3) is 0 Å². The highest BCUT2D eigenvalue weighted by molar-refractivity contribution is 6.11. The van der Waals surface area contributed by atoms with Gasteiger partial charge in [-0.3, -0.25) is 14.2 Å². The highest BCUT2D eigenvalue weighted by Crippen LogP contribution is 2.27. The summed E-state index contributed by atoms with van der Waals surface area (Å²) in [4.78, 5) is 25.7. The number of nitrogens with zero attached hydrogens (tertiary/aromatic N) is 2. The lowest BCUT2D eigenvalue weighted by atomic mass is 9.97. The Balaban J connectivity index is 2.07. The molecular formula is C21H22N2O5. The molecule has 28 heavy (non-hydrogen) atoms. The fourth-order valence-electron chi connectivity index (χ4n) is 3.40. The Hall–Kier alpha value is -3.11. The molecule has 0 bridgehead atoms. The maximum absolute atomic E-state index is 13.1.